The van der Waals surface area contributed by atoms with Crippen molar-refractivity contribution in [2.75, 3.05) is 18.5 Å². The lowest BCUT2D eigenvalue weighted by Crippen LogP contribution is -2.54. The van der Waals surface area contributed by atoms with Crippen LogP contribution in [0.2, 0.25) is 0 Å². The molecule has 2 aliphatic rings. The molecule has 1 aromatic rings. The summed E-state index contributed by atoms with van der Waals surface area (Å²) in [6.45, 7) is 0.930. The number of fused-ring (bicyclic) bond motifs is 1. The average Bonchev–Trinajstić information content (AvgIpc) is 2.42. The number of hydrogen-bond acceptors (Lipinski definition) is 4. The lowest BCUT2D eigenvalue weighted by Gasteiger charge is -2.40. The largest absolute Gasteiger partial charge is 0.486 e. The molecule has 1 aromatic carbocycles. The smallest absolute Gasteiger partial charge is 0.241 e. The summed E-state index contributed by atoms with van der Waals surface area (Å²) < 4.78 is 38.5. The molecule has 0 atom stereocenters. The van der Waals surface area contributed by atoms with Crippen LogP contribution in [0.15, 0.2) is 23.1 Å². The van der Waals surface area contributed by atoms with Crippen LogP contribution in [0.4, 0.5) is 0 Å². The van der Waals surface area contributed by atoms with Crippen LogP contribution in [0.25, 0.3) is 0 Å². The van der Waals surface area contributed by atoms with E-state index in [0.717, 1.165) is 19.3 Å². The maximum absolute atomic E-state index is 12.5. The second kappa shape index (κ2) is 5.20. The minimum atomic E-state index is -3.54. The van der Waals surface area contributed by atoms with Gasteiger partial charge in [-0.3, -0.25) is 0 Å². The highest BCUT2D eigenvalue weighted by Crippen LogP contribution is 2.36. The summed E-state index contributed by atoms with van der Waals surface area (Å²) in [7, 11) is -3.54. The van der Waals surface area contributed by atoms with Crippen LogP contribution in [0.3, 0.4) is 0 Å². The van der Waals surface area contributed by atoms with Gasteiger partial charge in [0.2, 0.25) is 10.0 Å². The maximum atomic E-state index is 12.5. The van der Waals surface area contributed by atoms with Gasteiger partial charge in [0.25, 0.3) is 0 Å². The molecule has 1 aliphatic heterocycles. The molecule has 0 saturated heterocycles. The Morgan fingerprint density at radius 1 is 1.20 bits per heavy atom. The van der Waals surface area contributed by atoms with Gasteiger partial charge in [0.15, 0.2) is 11.5 Å². The molecule has 0 unspecified atom stereocenters. The number of rotatable bonds is 4. The Kier molecular flexibility index (Phi) is 3.68. The zero-order valence-electron chi connectivity index (χ0n) is 10.9. The summed E-state index contributed by atoms with van der Waals surface area (Å²) in [4.78, 5) is 0.217. The average molecular weight is 362 g/mol. The predicted molar refractivity (Wildman–Crippen MR) is 78.1 cm³/mol. The van der Waals surface area contributed by atoms with Crippen LogP contribution < -0.4 is 14.2 Å². The highest BCUT2D eigenvalue weighted by molar-refractivity contribution is 9.09. The molecule has 5 nitrogen and oxygen atoms in total. The molecule has 0 aromatic heterocycles. The Hall–Kier alpha value is -0.790. The van der Waals surface area contributed by atoms with E-state index in [2.05, 4.69) is 20.7 Å². The second-order valence-corrected chi connectivity index (χ2v) is 7.42. The topological polar surface area (TPSA) is 64.6 Å². The van der Waals surface area contributed by atoms with Crippen molar-refractivity contribution < 1.29 is 17.9 Å². The summed E-state index contributed by atoms with van der Waals surface area (Å²) in [6, 6.07) is 4.72. The third kappa shape index (κ3) is 2.54. The predicted octanol–water partition coefficient (Wildman–Crippen LogP) is 2.05. The highest BCUT2D eigenvalue weighted by Gasteiger charge is 2.40. The molecule has 110 valence electrons. The fourth-order valence-electron chi connectivity index (χ4n) is 2.40. The van der Waals surface area contributed by atoms with Crippen molar-refractivity contribution in [2.24, 2.45) is 0 Å². The zero-order valence-corrected chi connectivity index (χ0v) is 13.3. The van der Waals surface area contributed by atoms with Gasteiger partial charge < -0.3 is 9.47 Å². The third-order valence-electron chi connectivity index (χ3n) is 3.74. The van der Waals surface area contributed by atoms with E-state index in [-0.39, 0.29) is 10.4 Å². The van der Waals surface area contributed by atoms with Crippen molar-refractivity contribution >= 4 is 26.0 Å². The summed E-state index contributed by atoms with van der Waals surface area (Å²) in [5.74, 6) is 1.08. The number of sulfonamides is 1. The number of halogens is 1. The number of alkyl halides is 1. The summed E-state index contributed by atoms with van der Waals surface area (Å²) in [5.41, 5.74) is -0.341. The van der Waals surface area contributed by atoms with E-state index in [1.54, 1.807) is 12.1 Å². The van der Waals surface area contributed by atoms with E-state index < -0.39 is 10.0 Å². The first-order chi connectivity index (χ1) is 9.55. The van der Waals surface area contributed by atoms with Crippen molar-refractivity contribution in [1.29, 1.82) is 0 Å². The van der Waals surface area contributed by atoms with Crippen LogP contribution in [-0.2, 0) is 10.0 Å². The van der Waals surface area contributed by atoms with Gasteiger partial charge in [0.1, 0.15) is 13.2 Å². The molecule has 0 amide bonds. The fraction of sp³-hybridized carbons (Fsp3) is 0.538. The molecule has 0 spiro atoms. The highest BCUT2D eigenvalue weighted by atomic mass is 79.9. The zero-order chi connectivity index (χ0) is 14.2. The summed E-state index contributed by atoms with van der Waals surface area (Å²) in [6.07, 6.45) is 2.78. The van der Waals surface area contributed by atoms with Gasteiger partial charge in [-0.05, 0) is 31.4 Å². The summed E-state index contributed by atoms with van der Waals surface area (Å²) >= 11 is 3.40. The molecule has 1 saturated carbocycles. The number of benzene rings is 1. The van der Waals surface area contributed by atoms with E-state index in [4.69, 9.17) is 9.47 Å². The van der Waals surface area contributed by atoms with Crippen LogP contribution in [-0.4, -0.2) is 32.5 Å². The first-order valence-corrected chi connectivity index (χ1v) is 9.15. The summed E-state index contributed by atoms with van der Waals surface area (Å²) in [5, 5.41) is 0.629. The number of ether oxygens (including phenoxy) is 2. The quantitative estimate of drug-likeness (QED) is 0.833. The van der Waals surface area contributed by atoms with Gasteiger partial charge in [0, 0.05) is 16.9 Å². The lowest BCUT2D eigenvalue weighted by atomic mass is 9.80. The Bertz CT molecular complexity index is 607. The molecule has 1 heterocycles. The maximum Gasteiger partial charge on any atom is 0.241 e. The molecular weight excluding hydrogens is 346 g/mol. The van der Waals surface area contributed by atoms with Crippen LogP contribution >= 0.6 is 15.9 Å². The Morgan fingerprint density at radius 3 is 2.50 bits per heavy atom. The van der Waals surface area contributed by atoms with Gasteiger partial charge in [-0.15, -0.1) is 0 Å². The van der Waals surface area contributed by atoms with Crippen molar-refractivity contribution in [3.8, 4) is 11.5 Å². The van der Waals surface area contributed by atoms with E-state index in [1.807, 2.05) is 0 Å². The Labute approximate surface area is 126 Å². The van der Waals surface area contributed by atoms with Gasteiger partial charge in [-0.25, -0.2) is 13.1 Å². The fourth-order valence-corrected chi connectivity index (χ4v) is 4.76. The van der Waals surface area contributed by atoms with Gasteiger partial charge in [0.05, 0.1) is 4.90 Å². The Morgan fingerprint density at radius 2 is 1.90 bits per heavy atom. The van der Waals surface area contributed by atoms with Gasteiger partial charge in [-0.2, -0.15) is 0 Å². The first-order valence-electron chi connectivity index (χ1n) is 6.54. The molecule has 3 rings (SSSR count). The molecular formula is C13H16BrNO4S. The van der Waals surface area contributed by atoms with E-state index >= 15 is 0 Å². The van der Waals surface area contributed by atoms with Crippen molar-refractivity contribution in [3.05, 3.63) is 18.2 Å². The van der Waals surface area contributed by atoms with Crippen molar-refractivity contribution in [1.82, 2.24) is 4.72 Å². The normalized spacial score (nSPS) is 20.2. The second-order valence-electron chi connectivity index (χ2n) is 5.18. The molecule has 0 bridgehead atoms. The van der Waals surface area contributed by atoms with Crippen molar-refractivity contribution in [3.63, 3.8) is 0 Å². The molecule has 1 N–H and O–H groups in total. The molecule has 1 aliphatic carbocycles. The Balaban J connectivity index is 1.87. The molecule has 1 fully saturated rings. The van der Waals surface area contributed by atoms with Crippen LogP contribution in [0, 0.1) is 0 Å². The minimum absolute atomic E-state index is 0.217. The van der Waals surface area contributed by atoms with E-state index in [0.29, 0.717) is 30.0 Å². The van der Waals surface area contributed by atoms with Gasteiger partial charge >= 0.3 is 0 Å². The van der Waals surface area contributed by atoms with E-state index in [1.165, 1.54) is 6.07 Å². The number of nitrogens with one attached hydrogen (secondary N) is 1. The molecule has 7 heteroatoms. The minimum Gasteiger partial charge on any atom is -0.486 e. The standard InChI is InChI=1S/C13H16BrNO4S/c14-9-13(4-1-5-13)15-20(16,17)10-2-3-11-12(8-10)19-7-6-18-11/h2-3,8,15H,1,4-7,9H2. The lowest BCUT2D eigenvalue weighted by molar-refractivity contribution is 0.171. The third-order valence-corrected chi connectivity index (χ3v) is 6.39. The molecule has 20 heavy (non-hydrogen) atoms. The van der Waals surface area contributed by atoms with Crippen molar-refractivity contribution in [2.45, 2.75) is 29.7 Å². The van der Waals surface area contributed by atoms with Crippen LogP contribution in [0.5, 0.6) is 11.5 Å². The van der Waals surface area contributed by atoms with Crippen LogP contribution in [0.1, 0.15) is 19.3 Å². The monoisotopic (exact) mass is 361 g/mol. The van der Waals surface area contributed by atoms with Gasteiger partial charge in [-0.1, -0.05) is 15.9 Å². The number of hydrogen-bond donors (Lipinski definition) is 1. The molecule has 0 radical (unpaired) electrons. The SMILES string of the molecule is O=S(=O)(NC1(CBr)CCC1)c1ccc2c(c1)OCCO2. The first kappa shape index (κ1) is 14.2. The van der Waals surface area contributed by atoms with E-state index in [9.17, 15) is 8.42 Å².